The number of halogens is 2. The van der Waals surface area contributed by atoms with Gasteiger partial charge in [0.05, 0.1) is 0 Å². The second-order valence-corrected chi connectivity index (χ2v) is 6.09. The number of rotatable bonds is 3. The van der Waals surface area contributed by atoms with Crippen LogP contribution < -0.4 is 5.32 Å². The van der Waals surface area contributed by atoms with Gasteiger partial charge in [0.2, 0.25) is 0 Å². The van der Waals surface area contributed by atoms with Gasteiger partial charge in [0, 0.05) is 35.6 Å². The number of carbonyl (C=O) groups is 2. The predicted molar refractivity (Wildman–Crippen MR) is 77.4 cm³/mol. The van der Waals surface area contributed by atoms with Crippen molar-refractivity contribution in [2.75, 3.05) is 11.9 Å². The number of carbonyl (C=O) groups excluding carboxylic acids is 2. The minimum atomic E-state index is -1.20. The van der Waals surface area contributed by atoms with E-state index in [0.29, 0.717) is 5.02 Å². The van der Waals surface area contributed by atoms with Gasteiger partial charge in [0.25, 0.3) is 5.79 Å². The molecule has 108 valence electrons. The van der Waals surface area contributed by atoms with Crippen LogP contribution in [-0.4, -0.2) is 24.3 Å². The highest BCUT2D eigenvalue weighted by atomic mass is 79.9. The van der Waals surface area contributed by atoms with E-state index in [-0.39, 0.29) is 6.54 Å². The summed E-state index contributed by atoms with van der Waals surface area (Å²) >= 11 is 9.18. The van der Waals surface area contributed by atoms with E-state index in [2.05, 4.69) is 21.2 Å². The number of ether oxygens (including phenoxy) is 2. The first-order valence-corrected chi connectivity index (χ1v) is 7.10. The highest BCUT2D eigenvalue weighted by Gasteiger charge is 2.43. The number of benzene rings is 1. The maximum Gasteiger partial charge on any atom is 0.325 e. The van der Waals surface area contributed by atoms with E-state index >= 15 is 0 Å². The van der Waals surface area contributed by atoms with Crippen molar-refractivity contribution in [2.24, 2.45) is 5.92 Å². The summed E-state index contributed by atoms with van der Waals surface area (Å²) in [4.78, 5) is 23.6. The van der Waals surface area contributed by atoms with Gasteiger partial charge >= 0.3 is 11.9 Å². The zero-order valence-electron chi connectivity index (χ0n) is 10.9. The Bertz CT molecular complexity index is 541. The molecular weight excluding hydrogens is 350 g/mol. The van der Waals surface area contributed by atoms with E-state index in [9.17, 15) is 9.59 Å². The molecule has 20 heavy (non-hydrogen) atoms. The smallest absolute Gasteiger partial charge is 0.325 e. The number of hydrogen-bond acceptors (Lipinski definition) is 5. The average Bonchev–Trinajstić information content (AvgIpc) is 2.28. The molecule has 0 amide bonds. The first-order chi connectivity index (χ1) is 9.28. The molecule has 0 saturated carbocycles. The lowest BCUT2D eigenvalue weighted by atomic mass is 10.1. The Morgan fingerprint density at radius 3 is 2.45 bits per heavy atom. The second kappa shape index (κ2) is 5.61. The molecule has 7 heteroatoms. The van der Waals surface area contributed by atoms with Gasteiger partial charge in [-0.1, -0.05) is 11.6 Å². The van der Waals surface area contributed by atoms with Crippen molar-refractivity contribution in [3.05, 3.63) is 27.7 Å². The van der Waals surface area contributed by atoms with Crippen molar-refractivity contribution in [3.63, 3.8) is 0 Å². The van der Waals surface area contributed by atoms with Gasteiger partial charge in [0.15, 0.2) is 5.92 Å². The molecular formula is C13H13BrClNO4. The summed E-state index contributed by atoms with van der Waals surface area (Å²) in [7, 11) is 0. The Morgan fingerprint density at radius 1 is 1.30 bits per heavy atom. The Labute approximate surface area is 129 Å². The number of anilines is 1. The normalized spacial score (nSPS) is 18.4. The Balaban J connectivity index is 2.04. The molecule has 0 atom stereocenters. The monoisotopic (exact) mass is 361 g/mol. The Kier molecular flexibility index (Phi) is 4.25. The van der Waals surface area contributed by atoms with Crippen LogP contribution in [0.5, 0.6) is 0 Å². The van der Waals surface area contributed by atoms with E-state index in [4.69, 9.17) is 21.1 Å². The maximum absolute atomic E-state index is 11.8. The lowest BCUT2D eigenvalue weighted by Gasteiger charge is -2.33. The van der Waals surface area contributed by atoms with Crippen molar-refractivity contribution < 1.29 is 19.1 Å². The Hall–Kier alpha value is -1.27. The van der Waals surface area contributed by atoms with Gasteiger partial charge in [-0.25, -0.2) is 0 Å². The third kappa shape index (κ3) is 3.43. The van der Waals surface area contributed by atoms with Crippen LogP contribution in [0.15, 0.2) is 22.7 Å². The van der Waals surface area contributed by atoms with Gasteiger partial charge in [-0.3, -0.25) is 9.59 Å². The molecule has 0 aromatic heterocycles. The third-order valence-corrected chi connectivity index (χ3v) is 3.58. The van der Waals surface area contributed by atoms with Crippen LogP contribution in [0, 0.1) is 5.92 Å². The van der Waals surface area contributed by atoms with Crippen LogP contribution in [0.3, 0.4) is 0 Å². The molecule has 1 aliphatic rings. The van der Waals surface area contributed by atoms with Crippen LogP contribution in [0.1, 0.15) is 13.8 Å². The van der Waals surface area contributed by atoms with E-state index < -0.39 is 23.6 Å². The van der Waals surface area contributed by atoms with Crippen LogP contribution in [0.2, 0.25) is 5.02 Å². The molecule has 1 aliphatic heterocycles. The van der Waals surface area contributed by atoms with Gasteiger partial charge in [-0.2, -0.15) is 0 Å². The first kappa shape index (κ1) is 15.1. The summed E-state index contributed by atoms with van der Waals surface area (Å²) in [5.74, 6) is -3.37. The third-order valence-electron chi connectivity index (χ3n) is 2.69. The van der Waals surface area contributed by atoms with Crippen molar-refractivity contribution in [1.29, 1.82) is 0 Å². The second-order valence-electron chi connectivity index (χ2n) is 4.80. The molecule has 5 nitrogen and oxygen atoms in total. The van der Waals surface area contributed by atoms with E-state index in [1.807, 2.05) is 0 Å². The lowest BCUT2D eigenvalue weighted by molar-refractivity contribution is -0.239. The summed E-state index contributed by atoms with van der Waals surface area (Å²) in [6, 6.07) is 5.16. The van der Waals surface area contributed by atoms with Crippen molar-refractivity contribution in [2.45, 2.75) is 19.6 Å². The van der Waals surface area contributed by atoms with Crippen molar-refractivity contribution in [3.8, 4) is 0 Å². The highest BCUT2D eigenvalue weighted by molar-refractivity contribution is 9.10. The fraction of sp³-hybridized carbons (Fsp3) is 0.385. The summed E-state index contributed by atoms with van der Waals surface area (Å²) in [5.41, 5.74) is 0.722. The van der Waals surface area contributed by atoms with Gasteiger partial charge in [0.1, 0.15) is 0 Å². The molecule has 1 aromatic rings. The van der Waals surface area contributed by atoms with Gasteiger partial charge in [-0.05, 0) is 34.1 Å². The van der Waals surface area contributed by atoms with Crippen LogP contribution in [0.4, 0.5) is 5.69 Å². The molecule has 2 rings (SSSR count). The topological polar surface area (TPSA) is 64.6 Å². The minimum absolute atomic E-state index is 0.0912. The average molecular weight is 363 g/mol. The quantitative estimate of drug-likeness (QED) is 0.661. The summed E-state index contributed by atoms with van der Waals surface area (Å²) in [6.45, 7) is 3.12. The van der Waals surface area contributed by atoms with E-state index in [1.165, 1.54) is 13.8 Å². The van der Waals surface area contributed by atoms with E-state index in [1.54, 1.807) is 18.2 Å². The van der Waals surface area contributed by atoms with Crippen molar-refractivity contribution >= 4 is 45.2 Å². The Morgan fingerprint density at radius 2 is 1.90 bits per heavy atom. The maximum atomic E-state index is 11.8. The van der Waals surface area contributed by atoms with Crippen LogP contribution >= 0.6 is 27.5 Å². The van der Waals surface area contributed by atoms with E-state index in [0.717, 1.165) is 10.2 Å². The van der Waals surface area contributed by atoms with Crippen LogP contribution in [-0.2, 0) is 19.1 Å². The largest absolute Gasteiger partial charge is 0.422 e. The molecule has 1 fully saturated rings. The minimum Gasteiger partial charge on any atom is -0.422 e. The molecule has 1 heterocycles. The zero-order chi connectivity index (χ0) is 14.9. The molecule has 0 spiro atoms. The molecule has 1 saturated heterocycles. The molecule has 0 bridgehead atoms. The highest BCUT2D eigenvalue weighted by Crippen LogP contribution is 2.27. The molecule has 0 aliphatic carbocycles. The standard InChI is InChI=1S/C13H13BrClNO4/c1-13(2)19-11(17)8(12(18)20-13)6-16-10-4-3-7(15)5-9(10)14/h3-5,8,16H,6H2,1-2H3. The zero-order valence-corrected chi connectivity index (χ0v) is 13.2. The number of hydrogen-bond donors (Lipinski definition) is 1. The number of cyclic esters (lactones) is 2. The molecule has 0 radical (unpaired) electrons. The van der Waals surface area contributed by atoms with Gasteiger partial charge < -0.3 is 14.8 Å². The number of esters is 2. The van der Waals surface area contributed by atoms with Gasteiger partial charge in [-0.15, -0.1) is 0 Å². The summed E-state index contributed by atoms with van der Waals surface area (Å²) < 4.78 is 10.8. The summed E-state index contributed by atoms with van der Waals surface area (Å²) in [5, 5.41) is 3.57. The van der Waals surface area contributed by atoms with Crippen LogP contribution in [0.25, 0.3) is 0 Å². The first-order valence-electron chi connectivity index (χ1n) is 5.93. The molecule has 1 aromatic carbocycles. The fourth-order valence-corrected chi connectivity index (χ4v) is 2.58. The predicted octanol–water partition coefficient (Wildman–Crippen LogP) is 2.97. The number of nitrogens with one attached hydrogen (secondary N) is 1. The SMILES string of the molecule is CC1(C)OC(=O)C(CNc2ccc(Cl)cc2Br)C(=O)O1. The molecule has 0 unspecified atom stereocenters. The summed E-state index contributed by atoms with van der Waals surface area (Å²) in [6.07, 6.45) is 0. The fourth-order valence-electron chi connectivity index (χ4n) is 1.76. The molecule has 1 N–H and O–H groups in total. The lowest BCUT2D eigenvalue weighted by Crippen LogP contribution is -2.48. The van der Waals surface area contributed by atoms with Crippen molar-refractivity contribution in [1.82, 2.24) is 0 Å².